The van der Waals surface area contributed by atoms with Crippen molar-refractivity contribution in [2.75, 3.05) is 6.54 Å². The van der Waals surface area contributed by atoms with Gasteiger partial charge in [-0.1, -0.05) is 13.0 Å². The number of hydrogen-bond donors (Lipinski definition) is 2. The van der Waals surface area contributed by atoms with Crippen LogP contribution in [0.4, 0.5) is 0 Å². The van der Waals surface area contributed by atoms with Gasteiger partial charge in [0.1, 0.15) is 5.60 Å². The van der Waals surface area contributed by atoms with E-state index in [0.717, 1.165) is 17.8 Å². The molecule has 3 heteroatoms. The number of rotatable bonds is 2. The van der Waals surface area contributed by atoms with Crippen LogP contribution in [-0.4, -0.2) is 17.7 Å². The highest BCUT2D eigenvalue weighted by molar-refractivity contribution is 7.10. The molecule has 2 nitrogen and oxygen atoms in total. The maximum Gasteiger partial charge on any atom is 0.111 e. The molecule has 2 heterocycles. The van der Waals surface area contributed by atoms with E-state index in [0.29, 0.717) is 5.92 Å². The number of piperidine rings is 1. The highest BCUT2D eigenvalue weighted by atomic mass is 32.1. The van der Waals surface area contributed by atoms with Crippen molar-refractivity contribution in [3.05, 3.63) is 22.4 Å². The molecule has 84 valence electrons. The summed E-state index contributed by atoms with van der Waals surface area (Å²) in [5, 5.41) is 16.0. The smallest absolute Gasteiger partial charge is 0.111 e. The molecule has 0 aromatic carbocycles. The van der Waals surface area contributed by atoms with Gasteiger partial charge in [-0.15, -0.1) is 11.3 Å². The predicted molar refractivity (Wildman–Crippen MR) is 64.1 cm³/mol. The summed E-state index contributed by atoms with van der Waals surface area (Å²) in [6.45, 7) is 5.21. The minimum atomic E-state index is -0.719. The van der Waals surface area contributed by atoms with E-state index in [1.54, 1.807) is 11.3 Å². The highest BCUT2D eigenvalue weighted by Gasteiger charge is 2.36. The largest absolute Gasteiger partial charge is 0.383 e. The third-order valence-electron chi connectivity index (χ3n) is 3.36. The molecule has 2 N–H and O–H groups in total. The summed E-state index contributed by atoms with van der Waals surface area (Å²) < 4.78 is 0. The molecular weight excluding hydrogens is 206 g/mol. The zero-order chi connectivity index (χ0) is 10.9. The fourth-order valence-corrected chi connectivity index (χ4v) is 3.12. The first-order valence-electron chi connectivity index (χ1n) is 5.60. The topological polar surface area (TPSA) is 32.3 Å². The fraction of sp³-hybridized carbons (Fsp3) is 0.667. The molecule has 2 rings (SSSR count). The van der Waals surface area contributed by atoms with Crippen LogP contribution in [0.5, 0.6) is 0 Å². The van der Waals surface area contributed by atoms with Crippen LogP contribution in [0.2, 0.25) is 0 Å². The first-order chi connectivity index (χ1) is 7.10. The van der Waals surface area contributed by atoms with E-state index >= 15 is 0 Å². The molecule has 1 aromatic heterocycles. The first-order valence-corrected chi connectivity index (χ1v) is 6.48. The second kappa shape index (κ2) is 4.24. The van der Waals surface area contributed by atoms with Crippen LogP contribution in [0.1, 0.15) is 31.6 Å². The summed E-state index contributed by atoms with van der Waals surface area (Å²) in [5.74, 6) is 0.711. The number of aliphatic hydroxyl groups is 1. The van der Waals surface area contributed by atoms with Crippen molar-refractivity contribution in [2.24, 2.45) is 5.92 Å². The van der Waals surface area contributed by atoms with Crippen LogP contribution in [0, 0.1) is 5.92 Å². The number of thiophene rings is 1. The van der Waals surface area contributed by atoms with Gasteiger partial charge >= 0.3 is 0 Å². The van der Waals surface area contributed by atoms with Crippen LogP contribution < -0.4 is 5.32 Å². The fourth-order valence-electron chi connectivity index (χ4n) is 2.27. The Kier molecular flexibility index (Phi) is 3.14. The molecule has 0 amide bonds. The molecule has 0 bridgehead atoms. The molecule has 1 aromatic rings. The van der Waals surface area contributed by atoms with Crippen LogP contribution in [0.15, 0.2) is 17.5 Å². The quantitative estimate of drug-likeness (QED) is 0.809. The molecule has 3 atom stereocenters. The van der Waals surface area contributed by atoms with Gasteiger partial charge in [0.2, 0.25) is 0 Å². The van der Waals surface area contributed by atoms with E-state index < -0.39 is 5.60 Å². The van der Waals surface area contributed by atoms with Crippen molar-refractivity contribution in [3.63, 3.8) is 0 Å². The Balaban J connectivity index is 2.14. The van der Waals surface area contributed by atoms with Crippen molar-refractivity contribution in [1.82, 2.24) is 5.32 Å². The second-order valence-corrected chi connectivity index (χ2v) is 5.71. The van der Waals surface area contributed by atoms with Crippen LogP contribution in [-0.2, 0) is 5.60 Å². The molecule has 1 aliphatic rings. The van der Waals surface area contributed by atoms with E-state index in [-0.39, 0.29) is 6.04 Å². The summed E-state index contributed by atoms with van der Waals surface area (Å²) in [6.07, 6.45) is 2.28. The number of hydrogen-bond acceptors (Lipinski definition) is 3. The Morgan fingerprint density at radius 3 is 3.00 bits per heavy atom. The average Bonchev–Trinajstić information content (AvgIpc) is 2.71. The molecule has 15 heavy (non-hydrogen) atoms. The molecule has 0 aliphatic carbocycles. The SMILES string of the molecule is CC1CCNC(C(C)(O)c2cccs2)C1. The summed E-state index contributed by atoms with van der Waals surface area (Å²) in [4.78, 5) is 1.06. The minimum absolute atomic E-state index is 0.194. The third kappa shape index (κ3) is 2.25. The van der Waals surface area contributed by atoms with Gasteiger partial charge in [0.05, 0.1) is 0 Å². The predicted octanol–water partition coefficient (Wildman–Crippen LogP) is 2.34. The molecule has 1 saturated heterocycles. The Hall–Kier alpha value is -0.380. The third-order valence-corrected chi connectivity index (χ3v) is 4.46. The van der Waals surface area contributed by atoms with E-state index in [9.17, 15) is 5.11 Å². The zero-order valence-electron chi connectivity index (χ0n) is 9.36. The molecule has 0 spiro atoms. The van der Waals surface area contributed by atoms with Crippen molar-refractivity contribution in [1.29, 1.82) is 0 Å². The molecular formula is C12H19NOS. The van der Waals surface area contributed by atoms with Crippen molar-refractivity contribution < 1.29 is 5.11 Å². The van der Waals surface area contributed by atoms with Crippen LogP contribution >= 0.6 is 11.3 Å². The van der Waals surface area contributed by atoms with Gasteiger partial charge in [-0.3, -0.25) is 0 Å². The van der Waals surface area contributed by atoms with Gasteiger partial charge < -0.3 is 10.4 Å². The Morgan fingerprint density at radius 2 is 2.40 bits per heavy atom. The Morgan fingerprint density at radius 1 is 1.60 bits per heavy atom. The van der Waals surface area contributed by atoms with Gasteiger partial charge in [0.25, 0.3) is 0 Å². The first kappa shape index (κ1) is 11.1. The molecule has 0 radical (unpaired) electrons. The van der Waals surface area contributed by atoms with Gasteiger partial charge in [0, 0.05) is 10.9 Å². The van der Waals surface area contributed by atoms with E-state index in [1.807, 2.05) is 24.4 Å². The average molecular weight is 225 g/mol. The maximum absolute atomic E-state index is 10.6. The lowest BCUT2D eigenvalue weighted by Gasteiger charge is -2.38. The summed E-state index contributed by atoms with van der Waals surface area (Å²) in [5.41, 5.74) is -0.719. The summed E-state index contributed by atoms with van der Waals surface area (Å²) in [7, 11) is 0. The monoisotopic (exact) mass is 225 g/mol. The summed E-state index contributed by atoms with van der Waals surface area (Å²) in [6, 6.07) is 4.21. The van der Waals surface area contributed by atoms with Crippen molar-refractivity contribution >= 4 is 11.3 Å². The normalized spacial score (nSPS) is 31.1. The maximum atomic E-state index is 10.6. The lowest BCUT2D eigenvalue weighted by molar-refractivity contribution is 0.00181. The molecule has 1 aliphatic heterocycles. The molecule has 0 saturated carbocycles. The van der Waals surface area contributed by atoms with Gasteiger partial charge in [-0.25, -0.2) is 0 Å². The van der Waals surface area contributed by atoms with Gasteiger partial charge in [0.15, 0.2) is 0 Å². The lowest BCUT2D eigenvalue weighted by Crippen LogP contribution is -2.50. The highest BCUT2D eigenvalue weighted by Crippen LogP contribution is 2.33. The summed E-state index contributed by atoms with van der Waals surface area (Å²) >= 11 is 1.63. The van der Waals surface area contributed by atoms with Gasteiger partial charge in [-0.05, 0) is 43.7 Å². The van der Waals surface area contributed by atoms with Crippen molar-refractivity contribution in [2.45, 2.75) is 38.3 Å². The van der Waals surface area contributed by atoms with Gasteiger partial charge in [-0.2, -0.15) is 0 Å². The van der Waals surface area contributed by atoms with E-state index in [4.69, 9.17) is 0 Å². The molecule has 3 unspecified atom stereocenters. The Bertz CT molecular complexity index is 307. The van der Waals surface area contributed by atoms with E-state index in [1.165, 1.54) is 6.42 Å². The molecule has 1 fully saturated rings. The second-order valence-electron chi connectivity index (χ2n) is 4.76. The van der Waals surface area contributed by atoms with Crippen LogP contribution in [0.3, 0.4) is 0 Å². The van der Waals surface area contributed by atoms with Crippen LogP contribution in [0.25, 0.3) is 0 Å². The van der Waals surface area contributed by atoms with Crippen molar-refractivity contribution in [3.8, 4) is 0 Å². The minimum Gasteiger partial charge on any atom is -0.383 e. The zero-order valence-corrected chi connectivity index (χ0v) is 10.2. The standard InChI is InChI=1S/C12H19NOS/c1-9-5-6-13-10(8-9)12(2,14)11-4-3-7-15-11/h3-4,7,9-10,13-14H,5-6,8H2,1-2H3. The lowest BCUT2D eigenvalue weighted by atomic mass is 9.84. The van der Waals surface area contributed by atoms with E-state index in [2.05, 4.69) is 12.2 Å². The number of nitrogens with one attached hydrogen (secondary N) is 1. The Labute approximate surface area is 95.3 Å².